The number of hydrogen-bond acceptors (Lipinski definition) is 10. The smallest absolute Gasteiger partial charge is 0.413 e. The summed E-state index contributed by atoms with van der Waals surface area (Å²) in [4.78, 5) is 68.5. The summed E-state index contributed by atoms with van der Waals surface area (Å²) in [5, 5.41) is 0. The fourth-order valence-electron chi connectivity index (χ4n) is 6.14. The van der Waals surface area contributed by atoms with Crippen molar-refractivity contribution in [3.05, 3.63) is 58.7 Å². The number of fused-ring (bicyclic) bond motifs is 2. The van der Waals surface area contributed by atoms with Crippen LogP contribution >= 0.6 is 0 Å². The summed E-state index contributed by atoms with van der Waals surface area (Å²) in [5.74, 6) is 0. The van der Waals surface area contributed by atoms with E-state index in [4.69, 9.17) is 28.9 Å². The normalized spacial score (nSPS) is 21.3. The number of hydrogen-bond donors (Lipinski definition) is 0. The summed E-state index contributed by atoms with van der Waals surface area (Å²) < 4.78 is 22.6. The molecule has 0 unspecified atom stereocenters. The van der Waals surface area contributed by atoms with Crippen LogP contribution in [0, 0.1) is 0 Å². The highest BCUT2D eigenvalue weighted by atomic mass is 16.6. The van der Waals surface area contributed by atoms with Crippen LogP contribution in [0.3, 0.4) is 0 Å². The largest absolute Gasteiger partial charge is 0.444 e. The van der Waals surface area contributed by atoms with Crippen LogP contribution in [-0.4, -0.2) is 117 Å². The fourth-order valence-corrected chi connectivity index (χ4v) is 6.14. The van der Waals surface area contributed by atoms with Crippen LogP contribution in [0.5, 0.6) is 0 Å². The second kappa shape index (κ2) is 14.2. The molecular formula is C39H54N6O8. The van der Waals surface area contributed by atoms with E-state index in [1.807, 2.05) is 36.5 Å². The predicted molar refractivity (Wildman–Crippen MR) is 200 cm³/mol. The maximum absolute atomic E-state index is 13.2. The first kappa shape index (κ1) is 39.3. The van der Waals surface area contributed by atoms with Gasteiger partial charge in [-0.25, -0.2) is 29.2 Å². The molecule has 0 saturated carbocycles. The van der Waals surface area contributed by atoms with Crippen molar-refractivity contribution in [3.63, 3.8) is 0 Å². The summed E-state index contributed by atoms with van der Waals surface area (Å²) in [5.41, 5.74) is 2.32. The predicted octanol–water partition coefficient (Wildman–Crippen LogP) is 7.10. The van der Waals surface area contributed by atoms with Crippen LogP contribution in [-0.2, 0) is 18.9 Å². The van der Waals surface area contributed by atoms with E-state index >= 15 is 0 Å². The molecule has 5 aliphatic rings. The molecule has 288 valence electrons. The van der Waals surface area contributed by atoms with Gasteiger partial charge < -0.3 is 18.9 Å². The number of amides is 4. The number of allylic oxidation sites excluding steroid dienone is 10. The van der Waals surface area contributed by atoms with Crippen LogP contribution in [0.15, 0.2) is 68.7 Å². The third-order valence-corrected chi connectivity index (χ3v) is 8.17. The van der Waals surface area contributed by atoms with Crippen LogP contribution in [0.2, 0.25) is 0 Å². The van der Waals surface area contributed by atoms with E-state index in [1.165, 1.54) is 19.6 Å². The zero-order valence-corrected chi connectivity index (χ0v) is 33.1. The van der Waals surface area contributed by atoms with Gasteiger partial charge in [-0.15, -0.1) is 0 Å². The molecular weight excluding hydrogens is 680 g/mol. The molecule has 2 fully saturated rings. The second-order valence-corrected chi connectivity index (χ2v) is 17.5. The van der Waals surface area contributed by atoms with E-state index in [2.05, 4.69) is 0 Å². The summed E-state index contributed by atoms with van der Waals surface area (Å²) in [6.45, 7) is 22.4. The van der Waals surface area contributed by atoms with E-state index in [-0.39, 0.29) is 26.2 Å². The Kier molecular flexibility index (Phi) is 10.5. The minimum atomic E-state index is -0.959. The van der Waals surface area contributed by atoms with Crippen molar-refractivity contribution in [2.24, 2.45) is 9.98 Å². The highest BCUT2D eigenvalue weighted by Crippen LogP contribution is 2.41. The third kappa shape index (κ3) is 9.76. The van der Waals surface area contributed by atoms with E-state index in [9.17, 15) is 19.2 Å². The lowest BCUT2D eigenvalue weighted by molar-refractivity contribution is -0.0000947. The van der Waals surface area contributed by atoms with Crippen LogP contribution in [0.25, 0.3) is 0 Å². The summed E-state index contributed by atoms with van der Waals surface area (Å²) in [7, 11) is 0. The molecule has 5 rings (SSSR count). The van der Waals surface area contributed by atoms with Crippen molar-refractivity contribution in [1.82, 2.24) is 19.6 Å². The molecule has 14 nitrogen and oxygen atoms in total. The number of carbonyl (C=O) groups is 4. The average molecular weight is 735 g/mol. The van der Waals surface area contributed by atoms with Gasteiger partial charge in [0.2, 0.25) is 12.6 Å². The van der Waals surface area contributed by atoms with Gasteiger partial charge in [0.15, 0.2) is 0 Å². The maximum Gasteiger partial charge on any atom is 0.413 e. The first-order valence-electron chi connectivity index (χ1n) is 18.0. The van der Waals surface area contributed by atoms with Gasteiger partial charge in [-0.1, -0.05) is 12.2 Å². The third-order valence-electron chi connectivity index (χ3n) is 8.17. The molecule has 0 radical (unpaired) electrons. The molecule has 2 heterocycles. The Morgan fingerprint density at radius 2 is 0.755 bits per heavy atom. The Morgan fingerprint density at radius 3 is 1.00 bits per heavy atom. The SMILES string of the molecule is CC(C)(C)OC(=O)N1CCN(C(=O)OC(C)(C)C)C1N=C1C=CC2=C3C=CC(=NC4N(C(=O)OC(C)(C)C)CCN4C(=O)OC(C)(C)C)C=C3CC2=C1. The highest BCUT2D eigenvalue weighted by Gasteiger charge is 2.43. The minimum Gasteiger partial charge on any atom is -0.444 e. The standard InChI is InChI=1S/C39H54N6O8/c1-36(2,3)50-32(46)42-17-18-43(33(47)51-37(4,5)6)30(42)40-26-13-15-28-24(22-26)21-25-23-27(14-16-29(25)28)41-31-44(34(48)52-38(7,8)9)19-20-45(31)35(49)53-39(10,11)12/h13-16,22-23,30-31H,17-21H2,1-12H3. The molecule has 0 aromatic rings. The van der Waals surface area contributed by atoms with Crippen molar-refractivity contribution in [1.29, 1.82) is 0 Å². The fraction of sp³-hybridized carbons (Fsp3) is 0.590. The number of carbonyl (C=O) groups excluding carboxylic acids is 4. The molecule has 2 saturated heterocycles. The van der Waals surface area contributed by atoms with Crippen LogP contribution < -0.4 is 0 Å². The van der Waals surface area contributed by atoms with Gasteiger partial charge in [0.05, 0.1) is 11.4 Å². The summed E-state index contributed by atoms with van der Waals surface area (Å²) in [6, 6.07) is 0. The Hall–Kier alpha value is -4.88. The number of nitrogens with zero attached hydrogens (tertiary/aromatic N) is 6. The zero-order valence-electron chi connectivity index (χ0n) is 33.1. The average Bonchev–Trinajstić information content (AvgIpc) is 3.68. The molecule has 0 N–H and O–H groups in total. The quantitative estimate of drug-likeness (QED) is 0.274. The van der Waals surface area contributed by atoms with Gasteiger partial charge >= 0.3 is 24.4 Å². The van der Waals surface area contributed by atoms with Crippen molar-refractivity contribution >= 4 is 35.8 Å². The second-order valence-electron chi connectivity index (χ2n) is 17.5. The van der Waals surface area contributed by atoms with E-state index < -0.39 is 59.4 Å². The Bertz CT molecular complexity index is 1560. The Labute approximate surface area is 312 Å². The van der Waals surface area contributed by atoms with Crippen molar-refractivity contribution < 1.29 is 38.1 Å². The summed E-state index contributed by atoms with van der Waals surface area (Å²) in [6.07, 6.45) is 7.97. The molecule has 0 spiro atoms. The minimum absolute atomic E-state index is 0.239. The Morgan fingerprint density at radius 1 is 0.491 bits per heavy atom. The first-order valence-corrected chi connectivity index (χ1v) is 18.0. The summed E-state index contributed by atoms with van der Waals surface area (Å²) >= 11 is 0. The van der Waals surface area contributed by atoms with Gasteiger partial charge in [0.1, 0.15) is 22.4 Å². The number of ether oxygens (including phenoxy) is 4. The molecule has 14 heteroatoms. The van der Waals surface area contributed by atoms with Gasteiger partial charge in [-0.2, -0.15) is 0 Å². The lowest BCUT2D eigenvalue weighted by atomic mass is 9.98. The van der Waals surface area contributed by atoms with Crippen molar-refractivity contribution in [2.45, 2.75) is 124 Å². The van der Waals surface area contributed by atoms with Crippen molar-refractivity contribution in [3.8, 4) is 0 Å². The zero-order chi connectivity index (χ0) is 39.3. The highest BCUT2D eigenvalue weighted by molar-refractivity contribution is 6.10. The first-order chi connectivity index (χ1) is 24.4. The molecule has 2 aliphatic heterocycles. The van der Waals surface area contributed by atoms with E-state index in [0.29, 0.717) is 17.8 Å². The van der Waals surface area contributed by atoms with Gasteiger partial charge in [-0.05, 0) is 136 Å². The molecule has 4 amide bonds. The molecule has 0 bridgehead atoms. The number of aliphatic imine (C=N–C) groups is 2. The number of rotatable bonds is 2. The van der Waals surface area contributed by atoms with E-state index in [0.717, 1.165) is 22.3 Å². The van der Waals surface area contributed by atoms with Crippen LogP contribution in [0.4, 0.5) is 19.2 Å². The van der Waals surface area contributed by atoms with Crippen LogP contribution in [0.1, 0.15) is 89.5 Å². The molecule has 3 aliphatic carbocycles. The molecule has 0 aromatic carbocycles. The Balaban J connectivity index is 1.42. The van der Waals surface area contributed by atoms with Gasteiger partial charge in [-0.3, -0.25) is 19.6 Å². The van der Waals surface area contributed by atoms with Crippen molar-refractivity contribution in [2.75, 3.05) is 26.2 Å². The topological polar surface area (TPSA) is 143 Å². The lowest BCUT2D eigenvalue weighted by Gasteiger charge is -2.31. The molecule has 53 heavy (non-hydrogen) atoms. The van der Waals surface area contributed by atoms with Gasteiger partial charge in [0, 0.05) is 26.2 Å². The van der Waals surface area contributed by atoms with E-state index in [1.54, 1.807) is 83.1 Å². The maximum atomic E-state index is 13.2. The molecule has 0 aromatic heterocycles. The molecule has 0 atom stereocenters. The van der Waals surface area contributed by atoms with Gasteiger partial charge in [0.25, 0.3) is 0 Å². The monoisotopic (exact) mass is 734 g/mol. The lowest BCUT2D eigenvalue weighted by Crippen LogP contribution is -2.46.